The fraction of sp³-hybridized carbons (Fsp3) is 0.188. The Labute approximate surface area is 130 Å². The van der Waals surface area contributed by atoms with Gasteiger partial charge in [-0.3, -0.25) is 4.21 Å². The van der Waals surface area contributed by atoms with Gasteiger partial charge in [0.25, 0.3) is 0 Å². The molecule has 3 aromatic rings. The highest BCUT2D eigenvalue weighted by Crippen LogP contribution is 2.18. The Balaban J connectivity index is 1.58. The van der Waals surface area contributed by atoms with E-state index in [-0.39, 0.29) is 0 Å². The molecule has 108 valence electrons. The van der Waals surface area contributed by atoms with E-state index in [2.05, 4.69) is 11.1 Å². The highest BCUT2D eigenvalue weighted by molar-refractivity contribution is 7.84. The monoisotopic (exact) mass is 317 g/mol. The molecular weight excluding hydrogens is 302 g/mol. The van der Waals surface area contributed by atoms with Crippen LogP contribution >= 0.6 is 11.3 Å². The van der Waals surface area contributed by atoms with E-state index in [1.807, 2.05) is 41.8 Å². The van der Waals surface area contributed by atoms with Gasteiger partial charge in [-0.15, -0.1) is 11.3 Å². The van der Waals surface area contributed by atoms with Crippen LogP contribution in [-0.2, 0) is 23.0 Å². The third-order valence-corrected chi connectivity index (χ3v) is 5.25. The summed E-state index contributed by atoms with van der Waals surface area (Å²) >= 11 is 1.70. The van der Waals surface area contributed by atoms with Crippen molar-refractivity contribution in [1.82, 2.24) is 4.98 Å². The van der Waals surface area contributed by atoms with Crippen LogP contribution in [0, 0.1) is 0 Å². The lowest BCUT2D eigenvalue weighted by Crippen LogP contribution is -2.03. The van der Waals surface area contributed by atoms with E-state index >= 15 is 0 Å². The third-order valence-electron chi connectivity index (χ3n) is 3.04. The summed E-state index contributed by atoms with van der Waals surface area (Å²) in [4.78, 5) is 5.68. The highest BCUT2D eigenvalue weighted by Gasteiger charge is 2.09. The van der Waals surface area contributed by atoms with Crippen LogP contribution in [0.5, 0.6) is 0 Å². The fourth-order valence-corrected chi connectivity index (χ4v) is 3.89. The zero-order chi connectivity index (χ0) is 14.5. The molecule has 0 spiro atoms. The lowest BCUT2D eigenvalue weighted by Gasteiger charge is -1.98. The SMILES string of the molecule is O=[S@](CCc1cccs1)Cc1coc(-c2ccccc2)n1. The molecule has 0 radical (unpaired) electrons. The van der Waals surface area contributed by atoms with Crippen LogP contribution in [0.25, 0.3) is 11.5 Å². The number of hydrogen-bond donors (Lipinski definition) is 0. The zero-order valence-corrected chi connectivity index (χ0v) is 13.0. The van der Waals surface area contributed by atoms with Gasteiger partial charge >= 0.3 is 0 Å². The molecule has 0 saturated carbocycles. The van der Waals surface area contributed by atoms with E-state index in [1.54, 1.807) is 17.6 Å². The Hall–Kier alpha value is -1.72. The number of aromatic nitrogens is 1. The number of nitrogens with zero attached hydrogens (tertiary/aromatic N) is 1. The number of oxazole rings is 1. The van der Waals surface area contributed by atoms with Crippen LogP contribution in [0.1, 0.15) is 10.6 Å². The lowest BCUT2D eigenvalue weighted by molar-refractivity contribution is 0.573. The van der Waals surface area contributed by atoms with Crippen molar-refractivity contribution in [2.24, 2.45) is 0 Å². The number of rotatable bonds is 6. The number of benzene rings is 1. The van der Waals surface area contributed by atoms with Gasteiger partial charge < -0.3 is 4.42 Å². The Kier molecular flexibility index (Phi) is 4.62. The van der Waals surface area contributed by atoms with E-state index in [0.29, 0.717) is 17.4 Å². The van der Waals surface area contributed by atoms with E-state index in [1.165, 1.54) is 4.88 Å². The second-order valence-electron chi connectivity index (χ2n) is 4.63. The topological polar surface area (TPSA) is 43.1 Å². The van der Waals surface area contributed by atoms with E-state index in [4.69, 9.17) is 4.42 Å². The third kappa shape index (κ3) is 3.89. The summed E-state index contributed by atoms with van der Waals surface area (Å²) in [6.45, 7) is 0. The maximum atomic E-state index is 12.1. The molecular formula is C16H15NO2S2. The molecule has 3 rings (SSSR count). The molecule has 0 saturated heterocycles. The van der Waals surface area contributed by atoms with Gasteiger partial charge in [0.1, 0.15) is 6.26 Å². The quantitative estimate of drug-likeness (QED) is 0.692. The van der Waals surface area contributed by atoms with Crippen molar-refractivity contribution in [3.63, 3.8) is 0 Å². The Morgan fingerprint density at radius 3 is 2.76 bits per heavy atom. The molecule has 1 aromatic carbocycles. The van der Waals surface area contributed by atoms with Gasteiger partial charge in [0.05, 0.1) is 11.4 Å². The molecule has 21 heavy (non-hydrogen) atoms. The normalized spacial score (nSPS) is 12.4. The summed E-state index contributed by atoms with van der Waals surface area (Å²) in [5, 5.41) is 2.04. The average Bonchev–Trinajstić information content (AvgIpc) is 3.17. The van der Waals surface area contributed by atoms with Crippen molar-refractivity contribution in [2.45, 2.75) is 12.2 Å². The molecule has 0 aliphatic rings. The van der Waals surface area contributed by atoms with E-state index in [0.717, 1.165) is 17.7 Å². The molecule has 2 aromatic heterocycles. The molecule has 3 nitrogen and oxygen atoms in total. The largest absolute Gasteiger partial charge is 0.444 e. The minimum Gasteiger partial charge on any atom is -0.444 e. The first-order valence-electron chi connectivity index (χ1n) is 6.68. The van der Waals surface area contributed by atoms with Crippen LogP contribution < -0.4 is 0 Å². The number of thiophene rings is 1. The molecule has 0 N–H and O–H groups in total. The average molecular weight is 317 g/mol. The second-order valence-corrected chi connectivity index (χ2v) is 7.24. The van der Waals surface area contributed by atoms with Crippen LogP contribution in [0.15, 0.2) is 58.5 Å². The Morgan fingerprint density at radius 2 is 2.00 bits per heavy atom. The smallest absolute Gasteiger partial charge is 0.226 e. The van der Waals surface area contributed by atoms with Crippen LogP contribution in [0.4, 0.5) is 0 Å². The summed E-state index contributed by atoms with van der Waals surface area (Å²) in [6.07, 6.45) is 2.46. The van der Waals surface area contributed by atoms with Crippen LogP contribution in [-0.4, -0.2) is 14.9 Å². The van der Waals surface area contributed by atoms with Crippen LogP contribution in [0.3, 0.4) is 0 Å². The maximum absolute atomic E-state index is 12.1. The molecule has 1 atom stereocenters. The summed E-state index contributed by atoms with van der Waals surface area (Å²) in [7, 11) is -0.915. The molecule has 0 aliphatic heterocycles. The summed E-state index contributed by atoms with van der Waals surface area (Å²) < 4.78 is 17.5. The minimum absolute atomic E-state index is 0.446. The molecule has 0 unspecified atom stereocenters. The molecule has 0 bridgehead atoms. The van der Waals surface area contributed by atoms with Crippen molar-refractivity contribution >= 4 is 22.1 Å². The van der Waals surface area contributed by atoms with E-state index in [9.17, 15) is 4.21 Å². The van der Waals surface area contributed by atoms with Gasteiger partial charge in [-0.2, -0.15) is 0 Å². The van der Waals surface area contributed by atoms with Gasteiger partial charge in [-0.05, 0) is 30.0 Å². The van der Waals surface area contributed by atoms with Gasteiger partial charge in [0.2, 0.25) is 5.89 Å². The van der Waals surface area contributed by atoms with E-state index < -0.39 is 10.8 Å². The Morgan fingerprint density at radius 1 is 1.14 bits per heavy atom. The first kappa shape index (κ1) is 14.2. The number of hydrogen-bond acceptors (Lipinski definition) is 4. The molecule has 0 aliphatic carbocycles. The van der Waals surface area contributed by atoms with Crippen molar-refractivity contribution in [3.05, 3.63) is 64.7 Å². The molecule has 2 heterocycles. The summed E-state index contributed by atoms with van der Waals surface area (Å²) in [5.41, 5.74) is 1.69. The van der Waals surface area contributed by atoms with Crippen molar-refractivity contribution in [1.29, 1.82) is 0 Å². The van der Waals surface area contributed by atoms with Gasteiger partial charge in [0, 0.05) is 27.0 Å². The maximum Gasteiger partial charge on any atom is 0.226 e. The molecule has 0 fully saturated rings. The fourth-order valence-electron chi connectivity index (χ4n) is 1.99. The first-order valence-corrected chi connectivity index (χ1v) is 9.05. The molecule has 5 heteroatoms. The van der Waals surface area contributed by atoms with Crippen molar-refractivity contribution in [2.75, 3.05) is 5.75 Å². The van der Waals surface area contributed by atoms with Crippen LogP contribution in [0.2, 0.25) is 0 Å². The lowest BCUT2D eigenvalue weighted by atomic mass is 10.2. The molecule has 0 amide bonds. The van der Waals surface area contributed by atoms with Crippen molar-refractivity contribution < 1.29 is 8.63 Å². The second kappa shape index (κ2) is 6.83. The predicted octanol–water partition coefficient (Wildman–Crippen LogP) is 3.89. The zero-order valence-electron chi connectivity index (χ0n) is 11.4. The summed E-state index contributed by atoms with van der Waals surface area (Å²) in [5.74, 6) is 1.69. The minimum atomic E-state index is -0.915. The highest BCUT2D eigenvalue weighted by atomic mass is 32.2. The summed E-state index contributed by atoms with van der Waals surface area (Å²) in [6, 6.07) is 13.8. The number of aryl methyl sites for hydroxylation is 1. The van der Waals surface area contributed by atoms with Gasteiger partial charge in [-0.1, -0.05) is 24.3 Å². The standard InChI is InChI=1S/C16H15NO2S2/c18-21(10-8-15-7-4-9-20-15)12-14-11-19-16(17-14)13-5-2-1-3-6-13/h1-7,9,11H,8,10,12H2/t21-/m1/s1. The Bertz CT molecular complexity index is 705. The van der Waals surface area contributed by atoms with Gasteiger partial charge in [0.15, 0.2) is 0 Å². The predicted molar refractivity (Wildman–Crippen MR) is 86.7 cm³/mol. The van der Waals surface area contributed by atoms with Crippen molar-refractivity contribution in [3.8, 4) is 11.5 Å². The first-order chi connectivity index (χ1) is 10.3. The van der Waals surface area contributed by atoms with Gasteiger partial charge in [-0.25, -0.2) is 4.98 Å².